The first-order valence-corrected chi connectivity index (χ1v) is 13.1. The number of carbonyl (C=O) groups is 1. The molecular weight excluding hydrogens is 524 g/mol. The minimum Gasteiger partial charge on any atom is -0.372 e. The molecule has 0 bridgehead atoms. The number of rotatable bonds is 8. The van der Waals surface area contributed by atoms with Crippen molar-refractivity contribution in [3.63, 3.8) is 0 Å². The van der Waals surface area contributed by atoms with E-state index in [9.17, 15) is 31.1 Å². The number of amides is 1. The molecule has 0 saturated carbocycles. The predicted molar refractivity (Wildman–Crippen MR) is 134 cm³/mol. The second kappa shape index (κ2) is 11.9. The number of benzene rings is 2. The normalized spacial score (nSPS) is 23.5. The van der Waals surface area contributed by atoms with Gasteiger partial charge in [-0.2, -0.15) is 26.3 Å². The topological polar surface area (TPSA) is 53.6 Å². The molecular formula is C28H33F6N3O2. The Morgan fingerprint density at radius 3 is 2.21 bits per heavy atom. The Morgan fingerprint density at radius 2 is 1.67 bits per heavy atom. The van der Waals surface area contributed by atoms with Crippen LogP contribution in [0.2, 0.25) is 0 Å². The van der Waals surface area contributed by atoms with Crippen LogP contribution < -0.4 is 10.6 Å². The maximum Gasteiger partial charge on any atom is 0.416 e. The van der Waals surface area contributed by atoms with Crippen LogP contribution in [0.15, 0.2) is 48.5 Å². The average molecular weight is 558 g/mol. The highest BCUT2D eigenvalue weighted by Gasteiger charge is 2.40. The fourth-order valence-electron chi connectivity index (χ4n) is 5.26. The van der Waals surface area contributed by atoms with Crippen LogP contribution in [0.4, 0.5) is 26.3 Å². The van der Waals surface area contributed by atoms with E-state index in [2.05, 4.69) is 15.5 Å². The minimum absolute atomic E-state index is 0.0181. The van der Waals surface area contributed by atoms with Crippen molar-refractivity contribution in [2.75, 3.05) is 32.8 Å². The third kappa shape index (κ3) is 7.52. The first-order chi connectivity index (χ1) is 18.4. The lowest BCUT2D eigenvalue weighted by atomic mass is 9.81. The molecule has 0 radical (unpaired) electrons. The number of hydrogen-bond donors (Lipinski definition) is 2. The molecule has 0 aromatic heterocycles. The Morgan fingerprint density at radius 1 is 1.05 bits per heavy atom. The number of piperidine rings is 1. The van der Waals surface area contributed by atoms with Crippen LogP contribution in [0.25, 0.3) is 0 Å². The van der Waals surface area contributed by atoms with Gasteiger partial charge in [0.15, 0.2) is 0 Å². The van der Waals surface area contributed by atoms with Crippen molar-refractivity contribution in [2.24, 2.45) is 0 Å². The smallest absolute Gasteiger partial charge is 0.372 e. The van der Waals surface area contributed by atoms with E-state index in [4.69, 9.17) is 4.74 Å². The summed E-state index contributed by atoms with van der Waals surface area (Å²) >= 11 is 0. The predicted octanol–water partition coefficient (Wildman–Crippen LogP) is 5.66. The number of likely N-dealkylation sites (tertiary alicyclic amines) is 1. The van der Waals surface area contributed by atoms with Gasteiger partial charge in [0, 0.05) is 12.6 Å². The minimum atomic E-state index is -4.93. The lowest BCUT2D eigenvalue weighted by molar-refractivity contribution is -0.143. The number of nitrogens with zero attached hydrogens (tertiary/aromatic N) is 1. The zero-order valence-corrected chi connectivity index (χ0v) is 21.7. The molecule has 2 aliphatic heterocycles. The molecule has 2 heterocycles. The third-order valence-corrected chi connectivity index (χ3v) is 7.52. The number of hydrogen-bond acceptors (Lipinski definition) is 4. The molecule has 2 fully saturated rings. The second-order valence-electron chi connectivity index (χ2n) is 10.4. The van der Waals surface area contributed by atoms with Gasteiger partial charge in [0.2, 0.25) is 5.91 Å². The molecule has 4 rings (SSSR count). The summed E-state index contributed by atoms with van der Waals surface area (Å²) < 4.78 is 86.1. The van der Waals surface area contributed by atoms with Crippen LogP contribution in [-0.4, -0.2) is 49.6 Å². The Bertz CT molecular complexity index is 1080. The Hall–Kier alpha value is -2.63. The zero-order valence-electron chi connectivity index (χ0n) is 21.7. The van der Waals surface area contributed by atoms with Crippen molar-refractivity contribution >= 4 is 5.91 Å². The van der Waals surface area contributed by atoms with Gasteiger partial charge < -0.3 is 15.4 Å². The lowest BCUT2D eigenvalue weighted by Gasteiger charge is -2.42. The van der Waals surface area contributed by atoms with Gasteiger partial charge in [0.1, 0.15) is 0 Å². The highest BCUT2D eigenvalue weighted by molar-refractivity contribution is 5.78. The largest absolute Gasteiger partial charge is 0.416 e. The number of alkyl halides is 6. The zero-order chi connectivity index (χ0) is 28.3. The van der Waals surface area contributed by atoms with E-state index < -0.39 is 35.1 Å². The van der Waals surface area contributed by atoms with E-state index in [0.717, 1.165) is 31.5 Å². The molecule has 214 valence electrons. The summed E-state index contributed by atoms with van der Waals surface area (Å²) in [5.41, 5.74) is -2.78. The summed E-state index contributed by atoms with van der Waals surface area (Å²) in [5.74, 6) is -0.0363. The molecule has 0 spiro atoms. The van der Waals surface area contributed by atoms with Gasteiger partial charge in [-0.05, 0) is 75.0 Å². The molecule has 0 aliphatic carbocycles. The van der Waals surface area contributed by atoms with Crippen molar-refractivity contribution in [1.82, 2.24) is 15.5 Å². The van der Waals surface area contributed by atoms with Crippen molar-refractivity contribution in [1.29, 1.82) is 0 Å². The summed E-state index contributed by atoms with van der Waals surface area (Å²) in [5, 5.41) is 6.53. The Kier molecular flexibility index (Phi) is 8.92. The molecule has 39 heavy (non-hydrogen) atoms. The fraction of sp³-hybridized carbons (Fsp3) is 0.536. The highest BCUT2D eigenvalue weighted by Crippen LogP contribution is 2.39. The number of carbonyl (C=O) groups excluding carboxylic acids is 1. The van der Waals surface area contributed by atoms with Crippen LogP contribution in [0.3, 0.4) is 0 Å². The van der Waals surface area contributed by atoms with E-state index in [1.54, 1.807) is 0 Å². The molecule has 11 heteroatoms. The van der Waals surface area contributed by atoms with Crippen LogP contribution >= 0.6 is 0 Å². The number of halogens is 6. The first kappa shape index (κ1) is 29.4. The van der Waals surface area contributed by atoms with E-state index in [1.165, 1.54) is 6.92 Å². The van der Waals surface area contributed by atoms with Gasteiger partial charge in [-0.3, -0.25) is 9.69 Å². The summed E-state index contributed by atoms with van der Waals surface area (Å²) in [7, 11) is 0. The number of nitrogens with one attached hydrogen (secondary N) is 2. The fourth-order valence-corrected chi connectivity index (χ4v) is 5.26. The van der Waals surface area contributed by atoms with Gasteiger partial charge in [-0.1, -0.05) is 30.3 Å². The summed E-state index contributed by atoms with van der Waals surface area (Å²) in [6.07, 6.45) is -7.53. The van der Waals surface area contributed by atoms with E-state index in [0.29, 0.717) is 38.1 Å². The van der Waals surface area contributed by atoms with Crippen molar-refractivity contribution in [3.05, 3.63) is 70.8 Å². The Labute approximate surface area is 223 Å². The van der Waals surface area contributed by atoms with Crippen LogP contribution in [0, 0.1) is 0 Å². The lowest BCUT2D eigenvalue weighted by Crippen LogP contribution is -2.57. The maximum absolute atomic E-state index is 13.3. The molecule has 1 amide bonds. The van der Waals surface area contributed by atoms with E-state index >= 15 is 0 Å². The van der Waals surface area contributed by atoms with Crippen LogP contribution in [0.5, 0.6) is 0 Å². The molecule has 2 aliphatic rings. The standard InChI is InChI=1S/C28H33F6N3O2/c1-19(20-13-22(27(29,30)31)15-23(14-20)28(32,33)34)39-18-26(21-7-3-2-4-8-21)10-9-24(16-35-26)36-25(38)17-37-11-5-6-12-37/h2-4,7-8,13-15,19,24,35H,5-6,9-12,16-18H2,1H3,(H,36,38)/t19?,24-,26+/m0/s1. The SMILES string of the molecule is CC(OC[C@@]1(c2ccccc2)CC[C@H](NC(=O)CN2CCCC2)CN1)c1cc(C(F)(F)F)cc(C(F)(F)F)c1. The quantitative estimate of drug-likeness (QED) is 0.412. The molecule has 5 nitrogen and oxygen atoms in total. The van der Waals surface area contributed by atoms with E-state index in [-0.39, 0.29) is 30.2 Å². The molecule has 2 aromatic carbocycles. The number of ether oxygens (including phenoxy) is 1. The van der Waals surface area contributed by atoms with Crippen LogP contribution in [-0.2, 0) is 27.4 Å². The monoisotopic (exact) mass is 557 g/mol. The van der Waals surface area contributed by atoms with Gasteiger partial charge in [-0.15, -0.1) is 0 Å². The van der Waals surface area contributed by atoms with Crippen molar-refractivity contribution < 1.29 is 35.9 Å². The van der Waals surface area contributed by atoms with Crippen LogP contribution in [0.1, 0.15) is 61.0 Å². The molecule has 2 N–H and O–H groups in total. The molecule has 2 aromatic rings. The summed E-state index contributed by atoms with van der Waals surface area (Å²) in [6.45, 7) is 4.10. The summed E-state index contributed by atoms with van der Waals surface area (Å²) in [4.78, 5) is 14.6. The van der Waals surface area contributed by atoms with Gasteiger partial charge >= 0.3 is 12.4 Å². The maximum atomic E-state index is 13.3. The van der Waals surface area contributed by atoms with E-state index in [1.807, 2.05) is 30.3 Å². The van der Waals surface area contributed by atoms with Gasteiger partial charge in [0.25, 0.3) is 0 Å². The second-order valence-corrected chi connectivity index (χ2v) is 10.4. The third-order valence-electron chi connectivity index (χ3n) is 7.52. The van der Waals surface area contributed by atoms with Crippen molar-refractivity contribution in [3.8, 4) is 0 Å². The Balaban J connectivity index is 1.46. The summed E-state index contributed by atoms with van der Waals surface area (Å²) in [6, 6.07) is 10.8. The van der Waals surface area contributed by atoms with Gasteiger partial charge in [-0.25, -0.2) is 0 Å². The molecule has 1 unspecified atom stereocenters. The average Bonchev–Trinajstić information content (AvgIpc) is 3.40. The molecule has 2 saturated heterocycles. The molecule has 3 atom stereocenters. The highest BCUT2D eigenvalue weighted by atomic mass is 19.4. The van der Waals surface area contributed by atoms with Crippen molar-refractivity contribution in [2.45, 2.75) is 62.6 Å². The van der Waals surface area contributed by atoms with Gasteiger partial charge in [0.05, 0.1) is 35.9 Å². The first-order valence-electron chi connectivity index (χ1n) is 13.1.